The molecule has 1 aliphatic carbocycles. The summed E-state index contributed by atoms with van der Waals surface area (Å²) in [6, 6.07) is 7.19. The van der Waals surface area contributed by atoms with E-state index < -0.39 is 6.10 Å². The number of piperidine rings is 1. The fraction of sp³-hybridized carbons (Fsp3) is 0.632. The molecule has 146 valence electrons. The zero-order valence-electron chi connectivity index (χ0n) is 15.3. The Morgan fingerprint density at radius 1 is 1.23 bits per heavy atom. The molecule has 1 aromatic rings. The molecule has 0 spiro atoms. The van der Waals surface area contributed by atoms with Gasteiger partial charge in [-0.3, -0.25) is 4.99 Å². The van der Waals surface area contributed by atoms with Crippen LogP contribution in [0.1, 0.15) is 44.3 Å². The van der Waals surface area contributed by atoms with E-state index in [4.69, 9.17) is 0 Å². The van der Waals surface area contributed by atoms with Crippen LogP contribution in [0, 0.1) is 5.82 Å². The molecule has 1 heterocycles. The Hall–Kier alpha value is -0.930. The van der Waals surface area contributed by atoms with Crippen LogP contribution in [0.2, 0.25) is 0 Å². The van der Waals surface area contributed by atoms with Crippen molar-refractivity contribution in [1.29, 1.82) is 0 Å². The summed E-state index contributed by atoms with van der Waals surface area (Å²) in [6.07, 6.45) is 4.25. The Kier molecular flexibility index (Phi) is 8.56. The lowest BCUT2D eigenvalue weighted by molar-refractivity contribution is 0.186. The van der Waals surface area contributed by atoms with E-state index in [1.165, 1.54) is 25.0 Å². The van der Waals surface area contributed by atoms with E-state index in [-0.39, 0.29) is 36.3 Å². The van der Waals surface area contributed by atoms with Gasteiger partial charge in [0.05, 0.1) is 12.6 Å². The van der Waals surface area contributed by atoms with Gasteiger partial charge in [-0.15, -0.1) is 24.0 Å². The van der Waals surface area contributed by atoms with Crippen molar-refractivity contribution in [2.45, 2.75) is 50.8 Å². The van der Waals surface area contributed by atoms with E-state index in [2.05, 4.69) is 20.5 Å². The maximum Gasteiger partial charge on any atom is 0.191 e. The standard InChI is InChI=1S/C19H29FN4O.HI/c1-2-21-19(22-13-18(25)14-3-5-15(20)6-4-14)23-16-9-11-24(12-10-16)17-7-8-17;/h3-6,16-18,25H,2,7-13H2,1H3,(H2,21,22,23);1H. The highest BCUT2D eigenvalue weighted by atomic mass is 127. The fourth-order valence-corrected chi connectivity index (χ4v) is 3.33. The number of guanidine groups is 1. The second-order valence-electron chi connectivity index (χ2n) is 6.97. The molecule has 26 heavy (non-hydrogen) atoms. The molecule has 7 heteroatoms. The number of hydrogen-bond donors (Lipinski definition) is 3. The van der Waals surface area contributed by atoms with Crippen LogP contribution in [-0.4, -0.2) is 54.2 Å². The Morgan fingerprint density at radius 3 is 2.46 bits per heavy atom. The first kappa shape index (κ1) is 21.4. The maximum atomic E-state index is 13.0. The van der Waals surface area contributed by atoms with Crippen LogP contribution in [0.5, 0.6) is 0 Å². The maximum absolute atomic E-state index is 13.0. The largest absolute Gasteiger partial charge is 0.386 e. The van der Waals surface area contributed by atoms with E-state index in [0.29, 0.717) is 11.6 Å². The molecule has 2 aliphatic rings. The molecule has 0 bridgehead atoms. The topological polar surface area (TPSA) is 59.9 Å². The molecule has 1 atom stereocenters. The molecule has 5 nitrogen and oxygen atoms in total. The lowest BCUT2D eigenvalue weighted by Crippen LogP contribution is -2.49. The van der Waals surface area contributed by atoms with E-state index >= 15 is 0 Å². The molecule has 1 unspecified atom stereocenters. The molecule has 0 radical (unpaired) electrons. The van der Waals surface area contributed by atoms with E-state index in [9.17, 15) is 9.50 Å². The Morgan fingerprint density at radius 2 is 1.88 bits per heavy atom. The normalized spacial score (nSPS) is 20.3. The summed E-state index contributed by atoms with van der Waals surface area (Å²) in [4.78, 5) is 7.11. The highest BCUT2D eigenvalue weighted by molar-refractivity contribution is 14.0. The molecular formula is C19H30FIN4O. The smallest absolute Gasteiger partial charge is 0.191 e. The van der Waals surface area contributed by atoms with Crippen LogP contribution in [0.25, 0.3) is 0 Å². The van der Waals surface area contributed by atoms with Crippen LogP contribution in [0.4, 0.5) is 4.39 Å². The second kappa shape index (κ2) is 10.4. The van der Waals surface area contributed by atoms with Crippen molar-refractivity contribution in [3.63, 3.8) is 0 Å². The van der Waals surface area contributed by atoms with Gasteiger partial charge in [0.25, 0.3) is 0 Å². The predicted octanol–water partition coefficient (Wildman–Crippen LogP) is 2.66. The lowest BCUT2D eigenvalue weighted by atomic mass is 10.1. The molecule has 0 amide bonds. The molecule has 1 saturated carbocycles. The summed E-state index contributed by atoms with van der Waals surface area (Å²) in [5, 5.41) is 17.0. The van der Waals surface area contributed by atoms with Gasteiger partial charge in [-0.2, -0.15) is 0 Å². The first-order valence-electron chi connectivity index (χ1n) is 9.38. The summed E-state index contributed by atoms with van der Waals surface area (Å²) in [6.45, 7) is 5.37. The first-order valence-corrected chi connectivity index (χ1v) is 9.38. The quantitative estimate of drug-likeness (QED) is 0.336. The van der Waals surface area contributed by atoms with Gasteiger partial charge in [0.2, 0.25) is 0 Å². The molecule has 3 rings (SSSR count). The van der Waals surface area contributed by atoms with Gasteiger partial charge in [-0.25, -0.2) is 4.39 Å². The summed E-state index contributed by atoms with van der Waals surface area (Å²) in [7, 11) is 0. The molecule has 1 aliphatic heterocycles. The van der Waals surface area contributed by atoms with Crippen LogP contribution in [0.15, 0.2) is 29.3 Å². The van der Waals surface area contributed by atoms with Crippen molar-refractivity contribution >= 4 is 29.9 Å². The number of nitrogens with one attached hydrogen (secondary N) is 2. The third-order valence-electron chi connectivity index (χ3n) is 4.96. The van der Waals surface area contributed by atoms with E-state index in [1.54, 1.807) is 12.1 Å². The Labute approximate surface area is 172 Å². The SMILES string of the molecule is CCNC(=NCC(O)c1ccc(F)cc1)NC1CCN(C2CC2)CC1.I. The fourth-order valence-electron chi connectivity index (χ4n) is 3.33. The minimum Gasteiger partial charge on any atom is -0.386 e. The van der Waals surface area contributed by atoms with Crippen molar-refractivity contribution < 1.29 is 9.50 Å². The zero-order chi connectivity index (χ0) is 17.6. The van der Waals surface area contributed by atoms with Crippen molar-refractivity contribution in [1.82, 2.24) is 15.5 Å². The monoisotopic (exact) mass is 476 g/mol. The molecule has 1 aromatic carbocycles. The van der Waals surface area contributed by atoms with E-state index in [1.807, 2.05) is 6.92 Å². The molecule has 1 saturated heterocycles. The third kappa shape index (κ3) is 6.35. The number of aliphatic hydroxyl groups excluding tert-OH is 1. The van der Waals surface area contributed by atoms with Gasteiger partial charge in [0.15, 0.2) is 5.96 Å². The number of aliphatic hydroxyl groups is 1. The van der Waals surface area contributed by atoms with Gasteiger partial charge in [-0.1, -0.05) is 12.1 Å². The summed E-state index contributed by atoms with van der Waals surface area (Å²) in [5.41, 5.74) is 0.679. The minimum atomic E-state index is -0.729. The number of halogens is 2. The van der Waals surface area contributed by atoms with Crippen LogP contribution >= 0.6 is 24.0 Å². The number of likely N-dealkylation sites (tertiary alicyclic amines) is 1. The van der Waals surface area contributed by atoms with Crippen molar-refractivity contribution in [2.75, 3.05) is 26.2 Å². The second-order valence-corrected chi connectivity index (χ2v) is 6.97. The van der Waals surface area contributed by atoms with Crippen molar-refractivity contribution in [3.05, 3.63) is 35.6 Å². The molecule has 0 aromatic heterocycles. The molecule has 2 fully saturated rings. The minimum absolute atomic E-state index is 0. The van der Waals surface area contributed by atoms with Crippen LogP contribution < -0.4 is 10.6 Å². The average Bonchev–Trinajstić information content (AvgIpc) is 3.46. The predicted molar refractivity (Wildman–Crippen MR) is 114 cm³/mol. The van der Waals surface area contributed by atoms with Gasteiger partial charge in [0, 0.05) is 31.7 Å². The van der Waals surface area contributed by atoms with Gasteiger partial charge in [0.1, 0.15) is 5.82 Å². The Bertz CT molecular complexity index is 571. The first-order chi connectivity index (χ1) is 12.2. The van der Waals surface area contributed by atoms with Crippen molar-refractivity contribution in [2.24, 2.45) is 4.99 Å². The number of aliphatic imine (C=N–C) groups is 1. The summed E-state index contributed by atoms with van der Waals surface area (Å²) >= 11 is 0. The van der Waals surface area contributed by atoms with Gasteiger partial charge < -0.3 is 20.6 Å². The van der Waals surface area contributed by atoms with Crippen LogP contribution in [-0.2, 0) is 0 Å². The van der Waals surface area contributed by atoms with E-state index in [0.717, 1.165) is 44.5 Å². The number of rotatable bonds is 6. The summed E-state index contributed by atoms with van der Waals surface area (Å²) in [5.74, 6) is 0.445. The van der Waals surface area contributed by atoms with Gasteiger partial charge >= 0.3 is 0 Å². The average molecular weight is 476 g/mol. The van der Waals surface area contributed by atoms with Crippen LogP contribution in [0.3, 0.4) is 0 Å². The molecule has 3 N–H and O–H groups in total. The molecular weight excluding hydrogens is 446 g/mol. The lowest BCUT2D eigenvalue weighted by Gasteiger charge is -2.33. The van der Waals surface area contributed by atoms with Crippen molar-refractivity contribution in [3.8, 4) is 0 Å². The van der Waals surface area contributed by atoms with Gasteiger partial charge in [-0.05, 0) is 50.3 Å². The summed E-state index contributed by atoms with van der Waals surface area (Å²) < 4.78 is 13.0. The number of benzene rings is 1. The highest BCUT2D eigenvalue weighted by Crippen LogP contribution is 2.29. The Balaban J connectivity index is 0.00000243. The third-order valence-corrected chi connectivity index (χ3v) is 4.96. The highest BCUT2D eigenvalue weighted by Gasteiger charge is 2.31. The number of hydrogen-bond acceptors (Lipinski definition) is 3. The zero-order valence-corrected chi connectivity index (χ0v) is 17.7. The number of nitrogens with zero attached hydrogens (tertiary/aromatic N) is 2.